The molecule has 0 atom stereocenters. The first-order chi connectivity index (χ1) is 6.56. The van der Waals surface area contributed by atoms with Crippen molar-refractivity contribution >= 4 is 5.52 Å². The highest BCUT2D eigenvalue weighted by Crippen LogP contribution is 2.20. The van der Waals surface area contributed by atoms with Crippen molar-refractivity contribution in [1.29, 1.82) is 0 Å². The molecule has 2 heterocycles. The third-order valence-electron chi connectivity index (χ3n) is 2.09. The quantitative estimate of drug-likeness (QED) is 0.689. The number of aromatic nitrogens is 3. The highest BCUT2D eigenvalue weighted by molar-refractivity contribution is 5.43. The van der Waals surface area contributed by atoms with Gasteiger partial charge in [0.15, 0.2) is 0 Å². The summed E-state index contributed by atoms with van der Waals surface area (Å²) in [5.74, 6) is 0. The SMILES string of the molecule is CC(C)(C)Cc1cncc2ccnn12. The molecular formula is C11H15N3. The lowest BCUT2D eigenvalue weighted by atomic mass is 9.91. The minimum atomic E-state index is 0.266. The van der Waals surface area contributed by atoms with Gasteiger partial charge < -0.3 is 0 Å². The lowest BCUT2D eigenvalue weighted by Crippen LogP contribution is -2.13. The molecule has 0 aliphatic heterocycles. The second kappa shape index (κ2) is 3.08. The third kappa shape index (κ3) is 1.76. The van der Waals surface area contributed by atoms with Crippen molar-refractivity contribution in [2.45, 2.75) is 27.2 Å². The first-order valence-electron chi connectivity index (χ1n) is 4.83. The van der Waals surface area contributed by atoms with Crippen molar-refractivity contribution in [1.82, 2.24) is 14.6 Å². The maximum Gasteiger partial charge on any atom is 0.0848 e. The van der Waals surface area contributed by atoms with Crippen molar-refractivity contribution in [3.63, 3.8) is 0 Å². The summed E-state index contributed by atoms with van der Waals surface area (Å²) in [6, 6.07) is 1.97. The molecule has 74 valence electrons. The Morgan fingerprint density at radius 1 is 1.29 bits per heavy atom. The van der Waals surface area contributed by atoms with Crippen LogP contribution < -0.4 is 0 Å². The van der Waals surface area contributed by atoms with E-state index in [-0.39, 0.29) is 5.41 Å². The van der Waals surface area contributed by atoms with Crippen LogP contribution in [0.3, 0.4) is 0 Å². The highest BCUT2D eigenvalue weighted by Gasteiger charge is 2.13. The highest BCUT2D eigenvalue weighted by atomic mass is 15.2. The average molecular weight is 189 g/mol. The van der Waals surface area contributed by atoms with Crippen LogP contribution in [0.4, 0.5) is 0 Å². The minimum Gasteiger partial charge on any atom is -0.261 e. The minimum absolute atomic E-state index is 0.266. The standard InChI is InChI=1S/C11H15N3/c1-11(2,3)6-10-8-12-7-9-4-5-13-14(9)10/h4-5,7-8H,6H2,1-3H3. The zero-order valence-electron chi connectivity index (χ0n) is 8.86. The van der Waals surface area contributed by atoms with Crippen molar-refractivity contribution in [2.75, 3.05) is 0 Å². The third-order valence-corrected chi connectivity index (χ3v) is 2.09. The molecule has 0 saturated carbocycles. The molecule has 0 unspecified atom stereocenters. The second-order valence-electron chi connectivity index (χ2n) is 4.80. The van der Waals surface area contributed by atoms with Gasteiger partial charge in [0, 0.05) is 6.20 Å². The van der Waals surface area contributed by atoms with Gasteiger partial charge in [0.05, 0.1) is 23.6 Å². The molecule has 0 N–H and O–H groups in total. The topological polar surface area (TPSA) is 30.2 Å². The largest absolute Gasteiger partial charge is 0.261 e. The van der Waals surface area contributed by atoms with Crippen LogP contribution in [0, 0.1) is 5.41 Å². The summed E-state index contributed by atoms with van der Waals surface area (Å²) >= 11 is 0. The van der Waals surface area contributed by atoms with Crippen LogP contribution in [0.2, 0.25) is 0 Å². The molecule has 0 aromatic carbocycles. The van der Waals surface area contributed by atoms with Crippen LogP contribution in [0.5, 0.6) is 0 Å². The van der Waals surface area contributed by atoms with Crippen LogP contribution in [0.15, 0.2) is 24.7 Å². The summed E-state index contributed by atoms with van der Waals surface area (Å²) in [7, 11) is 0. The number of fused-ring (bicyclic) bond motifs is 1. The van der Waals surface area contributed by atoms with E-state index in [0.717, 1.165) is 11.9 Å². The fraction of sp³-hybridized carbons (Fsp3) is 0.455. The van der Waals surface area contributed by atoms with Crippen molar-refractivity contribution in [2.24, 2.45) is 5.41 Å². The molecule has 3 nitrogen and oxygen atoms in total. The Balaban J connectivity index is 2.46. The van der Waals surface area contributed by atoms with Crippen molar-refractivity contribution in [3.8, 4) is 0 Å². The van der Waals surface area contributed by atoms with Gasteiger partial charge in [-0.05, 0) is 17.9 Å². The molecule has 0 saturated heterocycles. The van der Waals surface area contributed by atoms with E-state index in [4.69, 9.17) is 0 Å². The molecule has 2 rings (SSSR count). The van der Waals surface area contributed by atoms with Crippen LogP contribution in [0.1, 0.15) is 26.5 Å². The normalized spacial score (nSPS) is 12.2. The average Bonchev–Trinajstić information content (AvgIpc) is 2.49. The van der Waals surface area contributed by atoms with E-state index >= 15 is 0 Å². The van der Waals surface area contributed by atoms with E-state index in [2.05, 4.69) is 30.9 Å². The Morgan fingerprint density at radius 3 is 2.79 bits per heavy atom. The van der Waals surface area contributed by atoms with Gasteiger partial charge in [-0.15, -0.1) is 0 Å². The summed E-state index contributed by atoms with van der Waals surface area (Å²) in [5.41, 5.74) is 2.49. The van der Waals surface area contributed by atoms with E-state index in [0.29, 0.717) is 0 Å². The molecule has 0 amide bonds. The molecule has 3 heteroatoms. The Kier molecular flexibility index (Phi) is 2.02. The molecule has 0 radical (unpaired) electrons. The van der Waals surface area contributed by atoms with Gasteiger partial charge >= 0.3 is 0 Å². The number of hydrogen-bond donors (Lipinski definition) is 0. The maximum absolute atomic E-state index is 4.28. The van der Waals surface area contributed by atoms with Crippen molar-refractivity contribution in [3.05, 3.63) is 30.4 Å². The van der Waals surface area contributed by atoms with Crippen molar-refractivity contribution < 1.29 is 0 Å². The molecule has 0 spiro atoms. The first-order valence-corrected chi connectivity index (χ1v) is 4.83. The van der Waals surface area contributed by atoms with E-state index in [1.54, 1.807) is 0 Å². The number of rotatable bonds is 1. The molecule has 0 bridgehead atoms. The zero-order chi connectivity index (χ0) is 10.2. The van der Waals surface area contributed by atoms with E-state index in [1.807, 2.05) is 29.2 Å². The summed E-state index contributed by atoms with van der Waals surface area (Å²) in [4.78, 5) is 4.21. The lowest BCUT2D eigenvalue weighted by molar-refractivity contribution is 0.401. The van der Waals surface area contributed by atoms with Gasteiger partial charge in [-0.25, -0.2) is 4.52 Å². The molecule has 0 aliphatic rings. The first kappa shape index (κ1) is 9.19. The maximum atomic E-state index is 4.28. The van der Waals surface area contributed by atoms with Crippen LogP contribution in [-0.2, 0) is 6.42 Å². The molecule has 14 heavy (non-hydrogen) atoms. The van der Waals surface area contributed by atoms with E-state index < -0.39 is 0 Å². The monoisotopic (exact) mass is 189 g/mol. The predicted molar refractivity (Wildman–Crippen MR) is 56.1 cm³/mol. The zero-order valence-corrected chi connectivity index (χ0v) is 8.86. The van der Waals surface area contributed by atoms with Crippen LogP contribution in [-0.4, -0.2) is 14.6 Å². The summed E-state index contributed by atoms with van der Waals surface area (Å²) < 4.78 is 1.96. The fourth-order valence-electron chi connectivity index (χ4n) is 1.57. The summed E-state index contributed by atoms with van der Waals surface area (Å²) in [5, 5.41) is 4.28. The Labute approximate surface area is 83.8 Å². The Morgan fingerprint density at radius 2 is 2.07 bits per heavy atom. The van der Waals surface area contributed by atoms with E-state index in [9.17, 15) is 0 Å². The van der Waals surface area contributed by atoms with Crippen LogP contribution >= 0.6 is 0 Å². The number of hydrogen-bond acceptors (Lipinski definition) is 2. The molecule has 2 aromatic rings. The Hall–Kier alpha value is -1.38. The van der Waals surface area contributed by atoms with Gasteiger partial charge in [-0.2, -0.15) is 5.10 Å². The van der Waals surface area contributed by atoms with Gasteiger partial charge in [0.25, 0.3) is 0 Å². The van der Waals surface area contributed by atoms with Gasteiger partial charge in [0.2, 0.25) is 0 Å². The smallest absolute Gasteiger partial charge is 0.0848 e. The lowest BCUT2D eigenvalue weighted by Gasteiger charge is -2.18. The van der Waals surface area contributed by atoms with Gasteiger partial charge in [-0.1, -0.05) is 20.8 Å². The predicted octanol–water partition coefficient (Wildman–Crippen LogP) is 2.32. The Bertz CT molecular complexity index is 437. The number of nitrogens with zero attached hydrogens (tertiary/aromatic N) is 3. The molecule has 2 aromatic heterocycles. The van der Waals surface area contributed by atoms with Gasteiger partial charge in [-0.3, -0.25) is 4.98 Å². The molecule has 0 aliphatic carbocycles. The summed E-state index contributed by atoms with van der Waals surface area (Å²) in [6.45, 7) is 6.65. The van der Waals surface area contributed by atoms with E-state index in [1.165, 1.54) is 5.69 Å². The second-order valence-corrected chi connectivity index (χ2v) is 4.80. The molecule has 0 fully saturated rings. The summed E-state index contributed by atoms with van der Waals surface area (Å²) in [6.07, 6.45) is 6.52. The molecular weight excluding hydrogens is 174 g/mol. The van der Waals surface area contributed by atoms with Gasteiger partial charge in [0.1, 0.15) is 0 Å². The fourth-order valence-corrected chi connectivity index (χ4v) is 1.57. The van der Waals surface area contributed by atoms with Crippen LogP contribution in [0.25, 0.3) is 5.52 Å².